The second-order valence-corrected chi connectivity index (χ2v) is 7.02. The molecule has 0 radical (unpaired) electrons. The standard InChI is InChI=1S/C14H23N3O3S/c1-4-16-21(19,20)12-7-5-11(6-8-12)17-14(18)13(15)9-10(2)3/h5-8,10,13,16H,4,9,15H2,1-3H3,(H,17,18). The fourth-order valence-electron chi connectivity index (χ4n) is 1.84. The lowest BCUT2D eigenvalue weighted by Gasteiger charge is -2.14. The molecule has 7 heteroatoms. The van der Waals surface area contributed by atoms with Gasteiger partial charge in [-0.2, -0.15) is 0 Å². The molecule has 1 aromatic carbocycles. The molecule has 1 unspecified atom stereocenters. The lowest BCUT2D eigenvalue weighted by Crippen LogP contribution is -2.36. The highest BCUT2D eigenvalue weighted by molar-refractivity contribution is 7.89. The van der Waals surface area contributed by atoms with Crippen LogP contribution in [0.5, 0.6) is 0 Å². The van der Waals surface area contributed by atoms with Gasteiger partial charge >= 0.3 is 0 Å². The van der Waals surface area contributed by atoms with Crippen LogP contribution in [0.3, 0.4) is 0 Å². The molecule has 6 nitrogen and oxygen atoms in total. The Morgan fingerprint density at radius 3 is 2.29 bits per heavy atom. The number of hydrogen-bond donors (Lipinski definition) is 3. The molecule has 0 spiro atoms. The van der Waals surface area contributed by atoms with Crippen molar-refractivity contribution < 1.29 is 13.2 Å². The van der Waals surface area contributed by atoms with Crippen molar-refractivity contribution in [1.29, 1.82) is 0 Å². The smallest absolute Gasteiger partial charge is 0.241 e. The van der Waals surface area contributed by atoms with Gasteiger partial charge in [-0.3, -0.25) is 4.79 Å². The van der Waals surface area contributed by atoms with Crippen LogP contribution in [-0.2, 0) is 14.8 Å². The minimum atomic E-state index is -3.48. The maximum Gasteiger partial charge on any atom is 0.241 e. The fourth-order valence-corrected chi connectivity index (χ4v) is 2.88. The largest absolute Gasteiger partial charge is 0.325 e. The van der Waals surface area contributed by atoms with E-state index >= 15 is 0 Å². The number of anilines is 1. The molecule has 0 saturated heterocycles. The van der Waals surface area contributed by atoms with Gasteiger partial charge < -0.3 is 11.1 Å². The molecular formula is C14H23N3O3S. The molecule has 1 aromatic rings. The number of hydrogen-bond acceptors (Lipinski definition) is 4. The van der Waals surface area contributed by atoms with Crippen LogP contribution >= 0.6 is 0 Å². The summed E-state index contributed by atoms with van der Waals surface area (Å²) in [6.07, 6.45) is 0.596. The second-order valence-electron chi connectivity index (χ2n) is 5.25. The molecule has 4 N–H and O–H groups in total. The van der Waals surface area contributed by atoms with Crippen LogP contribution in [0.1, 0.15) is 27.2 Å². The molecule has 1 atom stereocenters. The molecule has 0 bridgehead atoms. The Kier molecular flexibility index (Phi) is 6.32. The summed E-state index contributed by atoms with van der Waals surface area (Å²) < 4.78 is 26.0. The lowest BCUT2D eigenvalue weighted by atomic mass is 10.0. The summed E-state index contributed by atoms with van der Waals surface area (Å²) in [6, 6.07) is 5.41. The van der Waals surface area contributed by atoms with E-state index in [0.717, 1.165) is 0 Å². The molecule has 118 valence electrons. The summed E-state index contributed by atoms with van der Waals surface area (Å²) in [5.74, 6) is 0.0596. The Bertz CT molecular complexity index is 568. The summed E-state index contributed by atoms with van der Waals surface area (Å²) in [7, 11) is -3.48. The molecule has 1 rings (SSSR count). The number of nitrogens with one attached hydrogen (secondary N) is 2. The van der Waals surface area contributed by atoms with Gasteiger partial charge in [0.1, 0.15) is 0 Å². The molecule has 0 aliphatic rings. The SMILES string of the molecule is CCNS(=O)(=O)c1ccc(NC(=O)C(N)CC(C)C)cc1. The van der Waals surface area contributed by atoms with E-state index in [0.29, 0.717) is 24.6 Å². The van der Waals surface area contributed by atoms with Gasteiger partial charge in [0, 0.05) is 12.2 Å². The predicted octanol–water partition coefficient (Wildman–Crippen LogP) is 1.30. The quantitative estimate of drug-likeness (QED) is 0.706. The third-order valence-electron chi connectivity index (χ3n) is 2.83. The number of sulfonamides is 1. The Labute approximate surface area is 126 Å². The topological polar surface area (TPSA) is 101 Å². The average Bonchev–Trinajstić information content (AvgIpc) is 2.38. The molecule has 21 heavy (non-hydrogen) atoms. The van der Waals surface area contributed by atoms with E-state index in [1.165, 1.54) is 12.1 Å². The van der Waals surface area contributed by atoms with Gasteiger partial charge in [0.15, 0.2) is 0 Å². The highest BCUT2D eigenvalue weighted by Gasteiger charge is 2.16. The first kappa shape index (κ1) is 17.6. The van der Waals surface area contributed by atoms with E-state index in [4.69, 9.17) is 5.73 Å². The van der Waals surface area contributed by atoms with Gasteiger partial charge in [-0.25, -0.2) is 13.1 Å². The summed E-state index contributed by atoms with van der Waals surface area (Å²) in [5.41, 5.74) is 6.31. The van der Waals surface area contributed by atoms with Crippen molar-refractivity contribution in [1.82, 2.24) is 4.72 Å². The number of carbonyl (C=O) groups excluding carboxylic acids is 1. The normalized spacial score (nSPS) is 13.2. The van der Waals surface area contributed by atoms with E-state index in [-0.39, 0.29) is 10.8 Å². The number of rotatable bonds is 7. The van der Waals surface area contributed by atoms with Gasteiger partial charge in [0.25, 0.3) is 0 Å². The van der Waals surface area contributed by atoms with Crippen molar-refractivity contribution in [3.63, 3.8) is 0 Å². The fraction of sp³-hybridized carbons (Fsp3) is 0.500. The van der Waals surface area contributed by atoms with Gasteiger partial charge in [0.05, 0.1) is 10.9 Å². The molecule has 0 aromatic heterocycles. The van der Waals surface area contributed by atoms with Crippen LogP contribution in [0.2, 0.25) is 0 Å². The Balaban J connectivity index is 2.73. The van der Waals surface area contributed by atoms with E-state index in [1.807, 2.05) is 13.8 Å². The highest BCUT2D eigenvalue weighted by Crippen LogP contribution is 2.14. The van der Waals surface area contributed by atoms with Gasteiger partial charge in [-0.1, -0.05) is 20.8 Å². The van der Waals surface area contributed by atoms with Crippen molar-refractivity contribution >= 4 is 21.6 Å². The maximum atomic E-state index is 11.9. The Hall–Kier alpha value is -1.44. The summed E-state index contributed by atoms with van der Waals surface area (Å²) >= 11 is 0. The van der Waals surface area contributed by atoms with Crippen molar-refractivity contribution in [2.45, 2.75) is 38.1 Å². The maximum absolute atomic E-state index is 11.9. The predicted molar refractivity (Wildman–Crippen MR) is 83.4 cm³/mol. The van der Waals surface area contributed by atoms with Crippen LogP contribution in [-0.4, -0.2) is 26.9 Å². The number of nitrogens with two attached hydrogens (primary N) is 1. The van der Waals surface area contributed by atoms with Crippen molar-refractivity contribution in [2.24, 2.45) is 11.7 Å². The van der Waals surface area contributed by atoms with Crippen molar-refractivity contribution in [3.05, 3.63) is 24.3 Å². The summed E-state index contributed by atoms with van der Waals surface area (Å²) in [6.45, 7) is 6.02. The van der Waals surface area contributed by atoms with Gasteiger partial charge in [0.2, 0.25) is 15.9 Å². The number of carbonyl (C=O) groups is 1. The summed E-state index contributed by atoms with van der Waals surface area (Å²) in [5, 5.41) is 2.68. The van der Waals surface area contributed by atoms with E-state index in [2.05, 4.69) is 10.0 Å². The third-order valence-corrected chi connectivity index (χ3v) is 4.39. The third kappa shape index (κ3) is 5.45. The molecule has 0 heterocycles. The summed E-state index contributed by atoms with van der Waals surface area (Å²) in [4.78, 5) is 12.0. The molecule has 0 aliphatic carbocycles. The van der Waals surface area contributed by atoms with Crippen LogP contribution in [0.25, 0.3) is 0 Å². The monoisotopic (exact) mass is 313 g/mol. The van der Waals surface area contributed by atoms with Gasteiger partial charge in [-0.15, -0.1) is 0 Å². The van der Waals surface area contributed by atoms with Crippen molar-refractivity contribution in [3.8, 4) is 0 Å². The van der Waals surface area contributed by atoms with Crippen LogP contribution < -0.4 is 15.8 Å². The number of benzene rings is 1. The molecule has 0 saturated carbocycles. The zero-order valence-electron chi connectivity index (χ0n) is 12.6. The van der Waals surface area contributed by atoms with Gasteiger partial charge in [-0.05, 0) is 36.6 Å². The van der Waals surface area contributed by atoms with Crippen LogP contribution in [0, 0.1) is 5.92 Å². The van der Waals surface area contributed by atoms with E-state index < -0.39 is 16.1 Å². The minimum absolute atomic E-state index is 0.161. The highest BCUT2D eigenvalue weighted by atomic mass is 32.2. The van der Waals surface area contributed by atoms with E-state index in [9.17, 15) is 13.2 Å². The first-order chi connectivity index (χ1) is 9.76. The van der Waals surface area contributed by atoms with Crippen LogP contribution in [0.15, 0.2) is 29.2 Å². The molecule has 0 fully saturated rings. The van der Waals surface area contributed by atoms with Crippen LogP contribution in [0.4, 0.5) is 5.69 Å². The Morgan fingerprint density at radius 1 is 1.24 bits per heavy atom. The van der Waals surface area contributed by atoms with Crippen molar-refractivity contribution in [2.75, 3.05) is 11.9 Å². The molecular weight excluding hydrogens is 290 g/mol. The average molecular weight is 313 g/mol. The zero-order valence-corrected chi connectivity index (χ0v) is 13.4. The first-order valence-electron chi connectivity index (χ1n) is 6.92. The Morgan fingerprint density at radius 2 is 1.81 bits per heavy atom. The zero-order chi connectivity index (χ0) is 16.0. The molecule has 1 amide bonds. The minimum Gasteiger partial charge on any atom is -0.325 e. The lowest BCUT2D eigenvalue weighted by molar-refractivity contribution is -0.117. The second kappa shape index (κ2) is 7.53. The van der Waals surface area contributed by atoms with E-state index in [1.54, 1.807) is 19.1 Å². The first-order valence-corrected chi connectivity index (χ1v) is 8.40. The molecule has 0 aliphatic heterocycles. The number of amides is 1.